The largest absolute Gasteiger partial charge is 0.399 e. The van der Waals surface area contributed by atoms with Gasteiger partial charge in [-0.2, -0.15) is 0 Å². The Morgan fingerprint density at radius 1 is 1.35 bits per heavy atom. The van der Waals surface area contributed by atoms with Gasteiger partial charge in [-0.3, -0.25) is 0 Å². The summed E-state index contributed by atoms with van der Waals surface area (Å²) in [5.74, 6) is 0.410. The van der Waals surface area contributed by atoms with Crippen LogP contribution in [0.2, 0.25) is 0 Å². The molecular weight excluding hydrogens is 234 g/mol. The summed E-state index contributed by atoms with van der Waals surface area (Å²) in [6.45, 7) is 5.83. The maximum Gasteiger partial charge on any atom is 0.178 e. The van der Waals surface area contributed by atoms with E-state index in [1.54, 1.807) is 25.1 Å². The average molecular weight is 255 g/mol. The van der Waals surface area contributed by atoms with E-state index in [4.69, 9.17) is 5.73 Å². The number of sulfone groups is 1. The first-order chi connectivity index (χ1) is 7.86. The van der Waals surface area contributed by atoms with Gasteiger partial charge in [0, 0.05) is 5.69 Å². The predicted octanol–water partition coefficient (Wildman–Crippen LogP) is 2.79. The van der Waals surface area contributed by atoms with Crippen molar-refractivity contribution in [3.8, 4) is 0 Å². The van der Waals surface area contributed by atoms with Crippen molar-refractivity contribution in [2.75, 3.05) is 11.5 Å². The highest BCUT2D eigenvalue weighted by Crippen LogP contribution is 2.22. The number of benzene rings is 1. The Balaban J connectivity index is 2.97. The van der Waals surface area contributed by atoms with Gasteiger partial charge in [-0.1, -0.05) is 20.3 Å². The second-order valence-electron chi connectivity index (χ2n) is 4.70. The van der Waals surface area contributed by atoms with E-state index in [0.29, 0.717) is 10.6 Å². The molecule has 0 aliphatic carbocycles. The van der Waals surface area contributed by atoms with E-state index in [2.05, 4.69) is 6.92 Å². The van der Waals surface area contributed by atoms with Gasteiger partial charge in [-0.05, 0) is 43.0 Å². The Kier molecular flexibility index (Phi) is 4.57. The second-order valence-corrected chi connectivity index (χ2v) is 6.70. The van der Waals surface area contributed by atoms with Crippen molar-refractivity contribution >= 4 is 15.5 Å². The molecule has 17 heavy (non-hydrogen) atoms. The first-order valence-corrected chi connectivity index (χ1v) is 7.61. The number of anilines is 1. The van der Waals surface area contributed by atoms with Gasteiger partial charge in [-0.15, -0.1) is 0 Å². The number of aryl methyl sites for hydroxylation is 1. The van der Waals surface area contributed by atoms with Gasteiger partial charge < -0.3 is 5.73 Å². The SMILES string of the molecule is CCCC(C)CS(=O)(=O)c1ccc(N)cc1C. The third-order valence-electron chi connectivity index (χ3n) is 2.82. The zero-order chi connectivity index (χ0) is 13.1. The Morgan fingerprint density at radius 3 is 2.53 bits per heavy atom. The molecule has 0 saturated carbocycles. The zero-order valence-corrected chi connectivity index (χ0v) is 11.5. The second kappa shape index (κ2) is 5.54. The maximum atomic E-state index is 12.2. The molecule has 0 spiro atoms. The van der Waals surface area contributed by atoms with Crippen LogP contribution >= 0.6 is 0 Å². The average Bonchev–Trinajstić information content (AvgIpc) is 2.15. The third kappa shape index (κ3) is 3.73. The summed E-state index contributed by atoms with van der Waals surface area (Å²) < 4.78 is 24.4. The normalized spacial score (nSPS) is 13.6. The van der Waals surface area contributed by atoms with E-state index in [1.165, 1.54) is 0 Å². The topological polar surface area (TPSA) is 60.2 Å². The molecule has 0 bridgehead atoms. The van der Waals surface area contributed by atoms with Gasteiger partial charge in [-0.25, -0.2) is 8.42 Å². The number of nitrogens with two attached hydrogens (primary N) is 1. The Hall–Kier alpha value is -1.03. The fourth-order valence-corrected chi connectivity index (χ4v) is 3.98. The molecule has 0 heterocycles. The molecule has 0 fully saturated rings. The van der Waals surface area contributed by atoms with Crippen molar-refractivity contribution < 1.29 is 8.42 Å². The number of hydrogen-bond donors (Lipinski definition) is 1. The lowest BCUT2D eigenvalue weighted by Gasteiger charge is -2.12. The lowest BCUT2D eigenvalue weighted by atomic mass is 10.1. The van der Waals surface area contributed by atoms with E-state index < -0.39 is 9.84 Å². The molecule has 0 saturated heterocycles. The van der Waals surface area contributed by atoms with E-state index in [1.807, 2.05) is 6.92 Å². The Bertz CT molecular complexity index is 480. The van der Waals surface area contributed by atoms with Crippen molar-refractivity contribution in [1.82, 2.24) is 0 Å². The molecule has 3 nitrogen and oxygen atoms in total. The van der Waals surface area contributed by atoms with Crippen LogP contribution in [-0.4, -0.2) is 14.2 Å². The zero-order valence-electron chi connectivity index (χ0n) is 10.7. The van der Waals surface area contributed by atoms with Gasteiger partial charge in [0.1, 0.15) is 0 Å². The van der Waals surface area contributed by atoms with Crippen LogP contribution in [0.4, 0.5) is 5.69 Å². The lowest BCUT2D eigenvalue weighted by molar-refractivity contribution is 0.545. The highest BCUT2D eigenvalue weighted by Gasteiger charge is 2.19. The first-order valence-electron chi connectivity index (χ1n) is 5.95. The molecule has 96 valence electrons. The number of nitrogen functional groups attached to an aromatic ring is 1. The fraction of sp³-hybridized carbons (Fsp3) is 0.538. The molecule has 1 aromatic rings. The van der Waals surface area contributed by atoms with Gasteiger partial charge in [0.2, 0.25) is 0 Å². The third-order valence-corrected chi connectivity index (χ3v) is 4.96. The molecule has 1 rings (SSSR count). The maximum absolute atomic E-state index is 12.2. The minimum Gasteiger partial charge on any atom is -0.399 e. The van der Waals surface area contributed by atoms with E-state index in [0.717, 1.165) is 18.4 Å². The molecule has 2 N–H and O–H groups in total. The van der Waals surface area contributed by atoms with Crippen LogP contribution < -0.4 is 5.73 Å². The lowest BCUT2D eigenvalue weighted by Crippen LogP contribution is -2.15. The van der Waals surface area contributed by atoms with Crippen molar-refractivity contribution in [2.24, 2.45) is 5.92 Å². The Morgan fingerprint density at radius 2 is 2.00 bits per heavy atom. The molecule has 0 aromatic heterocycles. The van der Waals surface area contributed by atoms with Crippen LogP contribution in [0, 0.1) is 12.8 Å². The quantitative estimate of drug-likeness (QED) is 0.823. The van der Waals surface area contributed by atoms with Gasteiger partial charge in [0.15, 0.2) is 9.84 Å². The first kappa shape index (κ1) is 14.0. The fourth-order valence-electron chi connectivity index (χ4n) is 2.06. The van der Waals surface area contributed by atoms with E-state index in [-0.39, 0.29) is 11.7 Å². The molecule has 0 aliphatic rings. The van der Waals surface area contributed by atoms with Crippen molar-refractivity contribution in [3.05, 3.63) is 23.8 Å². The van der Waals surface area contributed by atoms with Gasteiger partial charge in [0.05, 0.1) is 10.6 Å². The van der Waals surface area contributed by atoms with Crippen molar-refractivity contribution in [1.29, 1.82) is 0 Å². The van der Waals surface area contributed by atoms with E-state index in [9.17, 15) is 8.42 Å². The standard InChI is InChI=1S/C13H21NO2S/c1-4-5-10(2)9-17(15,16)13-7-6-12(14)8-11(13)3/h6-8,10H,4-5,9,14H2,1-3H3. The molecule has 1 aromatic carbocycles. The molecule has 0 radical (unpaired) electrons. The molecule has 4 heteroatoms. The molecular formula is C13H21NO2S. The van der Waals surface area contributed by atoms with Crippen LogP contribution in [-0.2, 0) is 9.84 Å². The minimum atomic E-state index is -3.18. The summed E-state index contributed by atoms with van der Waals surface area (Å²) in [4.78, 5) is 0.412. The summed E-state index contributed by atoms with van der Waals surface area (Å²) in [6, 6.07) is 4.96. The minimum absolute atomic E-state index is 0.196. The van der Waals surface area contributed by atoms with Crippen LogP contribution in [0.15, 0.2) is 23.1 Å². The predicted molar refractivity (Wildman–Crippen MR) is 71.7 cm³/mol. The summed E-state index contributed by atoms with van der Waals surface area (Å²) in [6.07, 6.45) is 1.95. The summed E-state index contributed by atoms with van der Waals surface area (Å²) in [7, 11) is -3.18. The van der Waals surface area contributed by atoms with Crippen LogP contribution in [0.5, 0.6) is 0 Å². The van der Waals surface area contributed by atoms with E-state index >= 15 is 0 Å². The number of rotatable bonds is 5. The summed E-state index contributed by atoms with van der Waals surface area (Å²) >= 11 is 0. The molecule has 0 amide bonds. The number of hydrogen-bond acceptors (Lipinski definition) is 3. The van der Waals surface area contributed by atoms with Crippen molar-refractivity contribution in [2.45, 2.75) is 38.5 Å². The monoisotopic (exact) mass is 255 g/mol. The molecule has 1 atom stereocenters. The highest BCUT2D eigenvalue weighted by atomic mass is 32.2. The van der Waals surface area contributed by atoms with Gasteiger partial charge >= 0.3 is 0 Å². The Labute approximate surface area is 104 Å². The highest BCUT2D eigenvalue weighted by molar-refractivity contribution is 7.91. The van der Waals surface area contributed by atoms with Crippen LogP contribution in [0.25, 0.3) is 0 Å². The van der Waals surface area contributed by atoms with Crippen LogP contribution in [0.1, 0.15) is 32.3 Å². The summed E-state index contributed by atoms with van der Waals surface area (Å²) in [5.41, 5.74) is 6.96. The molecule has 1 unspecified atom stereocenters. The molecule has 0 aliphatic heterocycles. The van der Waals surface area contributed by atoms with Crippen molar-refractivity contribution in [3.63, 3.8) is 0 Å². The van der Waals surface area contributed by atoms with Crippen LogP contribution in [0.3, 0.4) is 0 Å². The van der Waals surface area contributed by atoms with Gasteiger partial charge in [0.25, 0.3) is 0 Å². The summed E-state index contributed by atoms with van der Waals surface area (Å²) in [5, 5.41) is 0. The smallest absolute Gasteiger partial charge is 0.178 e.